The van der Waals surface area contributed by atoms with E-state index in [4.69, 9.17) is 5.26 Å². The van der Waals surface area contributed by atoms with Crippen molar-refractivity contribution in [1.82, 2.24) is 0 Å². The van der Waals surface area contributed by atoms with Gasteiger partial charge in [-0.2, -0.15) is 5.26 Å². The molecule has 1 atom stereocenters. The molecule has 0 spiro atoms. The first-order valence-corrected chi connectivity index (χ1v) is 6.41. The monoisotopic (exact) mass is 306 g/mol. The van der Waals surface area contributed by atoms with Crippen LogP contribution in [0, 0.1) is 23.2 Å². The lowest BCUT2D eigenvalue weighted by Crippen LogP contribution is -2.29. The maximum atomic E-state index is 11.8. The van der Waals surface area contributed by atoms with E-state index in [1.54, 1.807) is 30.3 Å². The van der Waals surface area contributed by atoms with Crippen LogP contribution in [0.2, 0.25) is 0 Å². The molecule has 1 aromatic rings. The van der Waals surface area contributed by atoms with Gasteiger partial charge in [-0.3, -0.25) is 9.59 Å². The number of carbonyl (C=O) groups excluding carboxylic acids is 2. The number of ketones is 1. The summed E-state index contributed by atoms with van der Waals surface area (Å²) in [5, 5.41) is 11.5. The molecule has 92 valence electrons. The Balaban J connectivity index is 2.03. The summed E-state index contributed by atoms with van der Waals surface area (Å²) in [4.78, 5) is 23.6. The molecule has 0 heterocycles. The van der Waals surface area contributed by atoms with Crippen molar-refractivity contribution >= 4 is 33.3 Å². The fraction of sp³-hybridized carbons (Fsp3) is 0.308. The van der Waals surface area contributed by atoms with Crippen molar-refractivity contribution in [2.45, 2.75) is 12.8 Å². The first-order chi connectivity index (χ1) is 8.61. The predicted molar refractivity (Wildman–Crippen MR) is 69.6 cm³/mol. The van der Waals surface area contributed by atoms with Crippen molar-refractivity contribution in [2.24, 2.45) is 11.8 Å². The van der Waals surface area contributed by atoms with E-state index in [2.05, 4.69) is 21.2 Å². The normalized spacial score (nSPS) is 15.6. The van der Waals surface area contributed by atoms with E-state index in [0.717, 1.165) is 17.3 Å². The molecule has 4 nitrogen and oxygen atoms in total. The molecule has 1 aromatic carbocycles. The summed E-state index contributed by atoms with van der Waals surface area (Å²) < 4.78 is 0.895. The number of amides is 1. The Morgan fingerprint density at radius 2 is 1.94 bits per heavy atom. The lowest BCUT2D eigenvalue weighted by molar-refractivity contribution is -0.129. The molecule has 1 unspecified atom stereocenters. The third-order valence-corrected chi connectivity index (χ3v) is 3.30. The van der Waals surface area contributed by atoms with Crippen LogP contribution in [-0.2, 0) is 9.59 Å². The van der Waals surface area contributed by atoms with E-state index in [1.807, 2.05) is 0 Å². The van der Waals surface area contributed by atoms with Crippen LogP contribution in [0.4, 0.5) is 5.69 Å². The van der Waals surface area contributed by atoms with E-state index in [-0.39, 0.29) is 11.7 Å². The van der Waals surface area contributed by atoms with E-state index in [9.17, 15) is 9.59 Å². The van der Waals surface area contributed by atoms with Crippen molar-refractivity contribution < 1.29 is 9.59 Å². The number of hydrogen-bond acceptors (Lipinski definition) is 3. The summed E-state index contributed by atoms with van der Waals surface area (Å²) in [6.45, 7) is 0. The Morgan fingerprint density at radius 1 is 1.33 bits per heavy atom. The van der Waals surface area contributed by atoms with Gasteiger partial charge in [0.2, 0.25) is 5.91 Å². The Hall–Kier alpha value is -1.67. The number of rotatable bonds is 4. The molecule has 18 heavy (non-hydrogen) atoms. The summed E-state index contributed by atoms with van der Waals surface area (Å²) >= 11 is 3.29. The van der Waals surface area contributed by atoms with Crippen molar-refractivity contribution in [2.75, 3.05) is 5.32 Å². The number of nitriles is 1. The van der Waals surface area contributed by atoms with Crippen LogP contribution < -0.4 is 5.32 Å². The van der Waals surface area contributed by atoms with Gasteiger partial charge in [-0.15, -0.1) is 0 Å². The molecule has 1 amide bonds. The van der Waals surface area contributed by atoms with Crippen LogP contribution in [0.3, 0.4) is 0 Å². The molecule has 1 aliphatic carbocycles. The predicted octanol–water partition coefficient (Wildman–Crippen LogP) is 2.51. The van der Waals surface area contributed by atoms with Crippen LogP contribution >= 0.6 is 15.9 Å². The maximum Gasteiger partial charge on any atom is 0.249 e. The Kier molecular flexibility index (Phi) is 3.78. The molecular weight excluding hydrogens is 296 g/mol. The molecule has 1 saturated carbocycles. The number of carbonyl (C=O) groups is 2. The van der Waals surface area contributed by atoms with Crippen molar-refractivity contribution in [1.29, 1.82) is 5.26 Å². The zero-order valence-electron chi connectivity index (χ0n) is 9.52. The molecule has 0 saturated heterocycles. The number of hydrogen-bond donors (Lipinski definition) is 1. The number of anilines is 1. The Labute approximate surface area is 113 Å². The first kappa shape index (κ1) is 12.8. The lowest BCUT2D eigenvalue weighted by Gasteiger charge is -2.09. The van der Waals surface area contributed by atoms with Gasteiger partial charge in [0.05, 0.1) is 6.07 Å². The van der Waals surface area contributed by atoms with Gasteiger partial charge >= 0.3 is 0 Å². The van der Waals surface area contributed by atoms with Crippen molar-refractivity contribution in [3.8, 4) is 6.07 Å². The highest BCUT2D eigenvalue weighted by molar-refractivity contribution is 9.10. The molecule has 1 N–H and O–H groups in total. The second kappa shape index (κ2) is 5.32. The van der Waals surface area contributed by atoms with Crippen LogP contribution in [-0.4, -0.2) is 11.7 Å². The molecular formula is C13H11BrN2O2. The van der Waals surface area contributed by atoms with E-state index in [0.29, 0.717) is 5.69 Å². The largest absolute Gasteiger partial charge is 0.325 e. The minimum atomic E-state index is -1.19. The number of nitrogens with zero attached hydrogens (tertiary/aromatic N) is 1. The van der Waals surface area contributed by atoms with Gasteiger partial charge in [-0.25, -0.2) is 0 Å². The highest BCUT2D eigenvalue weighted by atomic mass is 79.9. The zero-order chi connectivity index (χ0) is 13.1. The number of Topliss-reactive ketones (excluding diaryl/α,β-unsaturated/α-hetero) is 1. The average Bonchev–Trinajstić information content (AvgIpc) is 3.17. The standard InChI is InChI=1S/C13H11BrN2O2/c14-9-3-5-10(6-4-9)16-13(18)11(7-15)12(17)8-1-2-8/h3-6,8,11H,1-2H2,(H,16,18). The van der Waals surface area contributed by atoms with Crippen LogP contribution in [0.15, 0.2) is 28.7 Å². The van der Waals surface area contributed by atoms with Gasteiger partial charge in [0, 0.05) is 16.1 Å². The fourth-order valence-corrected chi connectivity index (χ4v) is 1.87. The van der Waals surface area contributed by atoms with E-state index in [1.165, 1.54) is 0 Å². The smallest absolute Gasteiger partial charge is 0.249 e. The topological polar surface area (TPSA) is 70.0 Å². The third-order valence-electron chi connectivity index (χ3n) is 2.77. The zero-order valence-corrected chi connectivity index (χ0v) is 11.1. The fourth-order valence-electron chi connectivity index (χ4n) is 1.60. The number of halogens is 1. The summed E-state index contributed by atoms with van der Waals surface area (Å²) in [7, 11) is 0. The van der Waals surface area contributed by atoms with Gasteiger partial charge in [-0.05, 0) is 37.1 Å². The van der Waals surface area contributed by atoms with Crippen molar-refractivity contribution in [3.05, 3.63) is 28.7 Å². The number of benzene rings is 1. The quantitative estimate of drug-likeness (QED) is 0.869. The molecule has 0 radical (unpaired) electrons. The first-order valence-electron chi connectivity index (χ1n) is 5.61. The second-order valence-electron chi connectivity index (χ2n) is 4.23. The minimum Gasteiger partial charge on any atom is -0.325 e. The van der Waals surface area contributed by atoms with Crippen molar-refractivity contribution in [3.63, 3.8) is 0 Å². The third kappa shape index (κ3) is 2.96. The maximum absolute atomic E-state index is 11.8. The summed E-state index contributed by atoms with van der Waals surface area (Å²) in [6.07, 6.45) is 1.59. The summed E-state index contributed by atoms with van der Waals surface area (Å²) in [5.41, 5.74) is 0.576. The van der Waals surface area contributed by atoms with Gasteiger partial charge in [0.25, 0.3) is 0 Å². The van der Waals surface area contributed by atoms with E-state index >= 15 is 0 Å². The highest BCUT2D eigenvalue weighted by Crippen LogP contribution is 2.32. The van der Waals surface area contributed by atoms with Crippen LogP contribution in [0.1, 0.15) is 12.8 Å². The van der Waals surface area contributed by atoms with Gasteiger partial charge < -0.3 is 5.32 Å². The Morgan fingerprint density at radius 3 is 2.44 bits per heavy atom. The van der Waals surface area contributed by atoms with Crippen LogP contribution in [0.25, 0.3) is 0 Å². The van der Waals surface area contributed by atoms with E-state index < -0.39 is 11.8 Å². The second-order valence-corrected chi connectivity index (χ2v) is 5.15. The molecule has 0 aromatic heterocycles. The molecule has 5 heteroatoms. The number of nitrogens with one attached hydrogen (secondary N) is 1. The SMILES string of the molecule is N#CC(C(=O)Nc1ccc(Br)cc1)C(=O)C1CC1. The van der Waals surface area contributed by atoms with Crippen LogP contribution in [0.5, 0.6) is 0 Å². The molecule has 0 bridgehead atoms. The van der Waals surface area contributed by atoms with Gasteiger partial charge in [0.15, 0.2) is 11.7 Å². The highest BCUT2D eigenvalue weighted by Gasteiger charge is 2.38. The van der Waals surface area contributed by atoms with Gasteiger partial charge in [0.1, 0.15) is 0 Å². The molecule has 0 aliphatic heterocycles. The summed E-state index contributed by atoms with van der Waals surface area (Å²) in [6, 6.07) is 8.75. The molecule has 1 aliphatic rings. The molecule has 2 rings (SSSR count). The van der Waals surface area contributed by atoms with Gasteiger partial charge in [-0.1, -0.05) is 15.9 Å². The Bertz CT molecular complexity index is 515. The lowest BCUT2D eigenvalue weighted by atomic mass is 10.0. The average molecular weight is 307 g/mol. The minimum absolute atomic E-state index is 0.0923. The molecule has 1 fully saturated rings. The summed E-state index contributed by atoms with van der Waals surface area (Å²) in [5.74, 6) is -2.09.